The number of rotatable bonds is 1. The van der Waals surface area contributed by atoms with Gasteiger partial charge in [-0.05, 0) is 11.8 Å². The predicted molar refractivity (Wildman–Crippen MR) is 35.6 cm³/mol. The van der Waals surface area contributed by atoms with Crippen molar-refractivity contribution < 1.29 is 9.90 Å². The molecule has 10 heavy (non-hydrogen) atoms. The number of aliphatic carboxylic acids is 1. The second kappa shape index (κ2) is 1.53. The molecule has 2 bridgehead atoms. The topological polar surface area (TPSA) is 49.3 Å². The summed E-state index contributed by atoms with van der Waals surface area (Å²) in [5.74, 6) is -0.753. The molecule has 0 aromatic heterocycles. The number of hydrogen-bond acceptors (Lipinski definition) is 2. The van der Waals surface area contributed by atoms with E-state index in [2.05, 4.69) is 5.32 Å². The van der Waals surface area contributed by atoms with Gasteiger partial charge in [0, 0.05) is 12.6 Å². The maximum absolute atomic E-state index is 10.6. The molecular weight excluding hydrogens is 130 g/mol. The van der Waals surface area contributed by atoms with Gasteiger partial charge in [0.05, 0.1) is 5.92 Å². The van der Waals surface area contributed by atoms with E-state index >= 15 is 0 Å². The van der Waals surface area contributed by atoms with Gasteiger partial charge in [0.1, 0.15) is 0 Å². The Bertz CT molecular complexity index is 188. The van der Waals surface area contributed by atoms with Crippen molar-refractivity contribution in [1.82, 2.24) is 5.32 Å². The van der Waals surface area contributed by atoms with Crippen molar-refractivity contribution in [2.45, 2.75) is 19.4 Å². The molecule has 3 heteroatoms. The highest BCUT2D eigenvalue weighted by molar-refractivity contribution is 5.74. The van der Waals surface area contributed by atoms with Gasteiger partial charge in [-0.2, -0.15) is 0 Å². The van der Waals surface area contributed by atoms with E-state index in [1.54, 1.807) is 0 Å². The number of carboxylic acid groups (broad SMARTS) is 1. The smallest absolute Gasteiger partial charge is 0.308 e. The maximum Gasteiger partial charge on any atom is 0.308 e. The first-order valence-corrected chi connectivity index (χ1v) is 3.60. The minimum absolute atomic E-state index is 0.0660. The molecule has 0 amide bonds. The van der Waals surface area contributed by atoms with Crippen LogP contribution in [-0.4, -0.2) is 23.7 Å². The van der Waals surface area contributed by atoms with Gasteiger partial charge in [-0.25, -0.2) is 0 Å². The molecule has 0 unspecified atom stereocenters. The Hall–Kier alpha value is -0.570. The van der Waals surface area contributed by atoms with E-state index < -0.39 is 5.97 Å². The molecule has 3 rings (SSSR count). The molecule has 1 aliphatic carbocycles. The van der Waals surface area contributed by atoms with Crippen LogP contribution in [0.1, 0.15) is 13.3 Å². The summed E-state index contributed by atoms with van der Waals surface area (Å²) in [6.07, 6.45) is 1.05. The van der Waals surface area contributed by atoms with Gasteiger partial charge in [0.25, 0.3) is 0 Å². The highest BCUT2D eigenvalue weighted by atomic mass is 16.4. The Balaban J connectivity index is 2.20. The van der Waals surface area contributed by atoms with Crippen molar-refractivity contribution >= 4 is 5.97 Å². The Labute approximate surface area is 59.4 Å². The Morgan fingerprint density at radius 1 is 1.80 bits per heavy atom. The molecule has 56 valence electrons. The van der Waals surface area contributed by atoms with E-state index in [9.17, 15) is 4.79 Å². The summed E-state index contributed by atoms with van der Waals surface area (Å²) in [5.41, 5.74) is 0.0660. The lowest BCUT2D eigenvalue weighted by molar-refractivity contribution is -0.150. The quantitative estimate of drug-likeness (QED) is 0.543. The van der Waals surface area contributed by atoms with Gasteiger partial charge in [0.2, 0.25) is 0 Å². The molecule has 0 radical (unpaired) electrons. The standard InChI is InChI=1S/C7H11NO2/c1-7-2-4(8-3-7)5(7)6(9)10/h4-5,8H,2-3H2,1H3,(H,9,10)/t4-,5+,7-/m0/s1. The van der Waals surface area contributed by atoms with Crippen molar-refractivity contribution in [2.24, 2.45) is 11.3 Å². The Morgan fingerprint density at radius 3 is 2.70 bits per heavy atom. The number of nitrogens with one attached hydrogen (secondary N) is 1. The molecule has 2 saturated heterocycles. The Morgan fingerprint density at radius 2 is 2.50 bits per heavy atom. The zero-order chi connectivity index (χ0) is 7.35. The third kappa shape index (κ3) is 0.515. The van der Waals surface area contributed by atoms with Gasteiger partial charge < -0.3 is 10.4 Å². The van der Waals surface area contributed by atoms with Gasteiger partial charge in [-0.15, -0.1) is 0 Å². The largest absolute Gasteiger partial charge is 0.481 e. The molecule has 3 fully saturated rings. The molecule has 3 nitrogen and oxygen atoms in total. The van der Waals surface area contributed by atoms with E-state index in [0.29, 0.717) is 0 Å². The van der Waals surface area contributed by atoms with E-state index in [1.807, 2.05) is 6.92 Å². The monoisotopic (exact) mass is 141 g/mol. The van der Waals surface area contributed by atoms with Crippen LogP contribution in [-0.2, 0) is 4.79 Å². The van der Waals surface area contributed by atoms with Gasteiger partial charge in [-0.1, -0.05) is 6.92 Å². The summed E-state index contributed by atoms with van der Waals surface area (Å²) in [6, 6.07) is 0.266. The van der Waals surface area contributed by atoms with Crippen LogP contribution in [0.25, 0.3) is 0 Å². The fourth-order valence-corrected chi connectivity index (χ4v) is 2.28. The average Bonchev–Trinajstić information content (AvgIpc) is 2.20. The highest BCUT2D eigenvalue weighted by Crippen LogP contribution is 2.51. The molecular formula is C7H11NO2. The molecule has 2 heterocycles. The average molecular weight is 141 g/mol. The van der Waals surface area contributed by atoms with Crippen molar-refractivity contribution in [2.75, 3.05) is 6.54 Å². The van der Waals surface area contributed by atoms with E-state index in [4.69, 9.17) is 5.11 Å². The summed E-state index contributed by atoms with van der Waals surface area (Å²) in [5, 5.41) is 11.9. The van der Waals surface area contributed by atoms with Crippen LogP contribution in [0.5, 0.6) is 0 Å². The molecule has 0 aromatic rings. The summed E-state index contributed by atoms with van der Waals surface area (Å²) in [7, 11) is 0. The predicted octanol–water partition coefficient (Wildman–Crippen LogP) is 0.0690. The molecule has 1 saturated carbocycles. The number of hydrogen-bond donors (Lipinski definition) is 2. The van der Waals surface area contributed by atoms with Crippen molar-refractivity contribution in [1.29, 1.82) is 0 Å². The van der Waals surface area contributed by atoms with Crippen LogP contribution in [0.15, 0.2) is 0 Å². The maximum atomic E-state index is 10.6. The molecule has 3 atom stereocenters. The molecule has 0 aromatic carbocycles. The summed E-state index contributed by atoms with van der Waals surface area (Å²) in [4.78, 5) is 10.6. The van der Waals surface area contributed by atoms with E-state index in [1.165, 1.54) is 0 Å². The van der Waals surface area contributed by atoms with Crippen LogP contribution in [0.3, 0.4) is 0 Å². The Kier molecular flexibility index (Phi) is 0.944. The van der Waals surface area contributed by atoms with Crippen LogP contribution in [0, 0.1) is 11.3 Å². The van der Waals surface area contributed by atoms with Crippen molar-refractivity contribution in [3.8, 4) is 0 Å². The second-order valence-corrected chi connectivity index (χ2v) is 3.66. The van der Waals surface area contributed by atoms with Gasteiger partial charge in [-0.3, -0.25) is 4.79 Å². The molecule has 3 aliphatic rings. The zero-order valence-corrected chi connectivity index (χ0v) is 5.92. The fourth-order valence-electron chi connectivity index (χ4n) is 2.28. The SMILES string of the molecule is C[C@@]12CN[C@@H](C1)[C@@H]2C(=O)O. The minimum Gasteiger partial charge on any atom is -0.481 e. The highest BCUT2D eigenvalue weighted by Gasteiger charge is 2.59. The van der Waals surface area contributed by atoms with E-state index in [-0.39, 0.29) is 17.4 Å². The number of carboxylic acids is 1. The molecule has 2 aliphatic heterocycles. The number of carbonyl (C=O) groups is 1. The first-order chi connectivity index (χ1) is 4.63. The first-order valence-electron chi connectivity index (χ1n) is 3.60. The third-order valence-electron chi connectivity index (χ3n) is 2.87. The fraction of sp³-hybridized carbons (Fsp3) is 0.857. The lowest BCUT2D eigenvalue weighted by atomic mass is 9.62. The summed E-state index contributed by atoms with van der Waals surface area (Å²) in [6.45, 7) is 2.93. The van der Waals surface area contributed by atoms with E-state index in [0.717, 1.165) is 13.0 Å². The lowest BCUT2D eigenvalue weighted by Gasteiger charge is -2.40. The van der Waals surface area contributed by atoms with Crippen LogP contribution in [0.2, 0.25) is 0 Å². The van der Waals surface area contributed by atoms with Crippen LogP contribution in [0.4, 0.5) is 0 Å². The minimum atomic E-state index is -0.635. The third-order valence-corrected chi connectivity index (χ3v) is 2.87. The van der Waals surface area contributed by atoms with Crippen LogP contribution >= 0.6 is 0 Å². The van der Waals surface area contributed by atoms with Gasteiger partial charge in [0.15, 0.2) is 0 Å². The van der Waals surface area contributed by atoms with Crippen LogP contribution < -0.4 is 5.32 Å². The molecule has 0 spiro atoms. The van der Waals surface area contributed by atoms with Crippen molar-refractivity contribution in [3.05, 3.63) is 0 Å². The van der Waals surface area contributed by atoms with Gasteiger partial charge >= 0.3 is 5.97 Å². The number of fused-ring (bicyclic) bond motifs is 1. The summed E-state index contributed by atoms with van der Waals surface area (Å²) < 4.78 is 0. The molecule has 2 N–H and O–H groups in total. The second-order valence-electron chi connectivity index (χ2n) is 3.66. The summed E-state index contributed by atoms with van der Waals surface area (Å²) >= 11 is 0. The lowest BCUT2D eigenvalue weighted by Crippen LogP contribution is -2.48. The normalized spacial score (nSPS) is 50.5. The van der Waals surface area contributed by atoms with Crippen molar-refractivity contribution in [3.63, 3.8) is 0 Å². The zero-order valence-electron chi connectivity index (χ0n) is 5.92. The first kappa shape index (κ1) is 6.16.